The van der Waals surface area contributed by atoms with E-state index in [1.54, 1.807) is 0 Å². The van der Waals surface area contributed by atoms with Crippen LogP contribution in [0, 0.1) is 5.92 Å². The molecule has 19 heavy (non-hydrogen) atoms. The Balaban J connectivity index is 2.25. The summed E-state index contributed by atoms with van der Waals surface area (Å²) in [6.07, 6.45) is 3.09. The number of rotatable bonds is 8. The van der Waals surface area contributed by atoms with E-state index in [1.807, 2.05) is 6.92 Å². The van der Waals surface area contributed by atoms with E-state index in [0.29, 0.717) is 0 Å². The SMILES string of the molecule is CCNC(CCN(C)CC1CCOCC1)C(=O)OC. The van der Waals surface area contributed by atoms with Crippen molar-refractivity contribution in [3.05, 3.63) is 0 Å². The molecule has 0 aromatic carbocycles. The second-order valence-corrected chi connectivity index (χ2v) is 5.24. The fourth-order valence-electron chi connectivity index (χ4n) is 2.50. The molecule has 0 saturated carbocycles. The van der Waals surface area contributed by atoms with Crippen LogP contribution in [-0.2, 0) is 14.3 Å². The highest BCUT2D eigenvalue weighted by atomic mass is 16.5. The van der Waals surface area contributed by atoms with E-state index < -0.39 is 0 Å². The summed E-state index contributed by atoms with van der Waals surface area (Å²) < 4.78 is 10.2. The van der Waals surface area contributed by atoms with Gasteiger partial charge in [0.1, 0.15) is 6.04 Å². The number of nitrogens with zero attached hydrogens (tertiary/aromatic N) is 1. The highest BCUT2D eigenvalue weighted by Crippen LogP contribution is 2.15. The summed E-state index contributed by atoms with van der Waals surface area (Å²) in [6, 6.07) is -0.188. The molecule has 1 unspecified atom stereocenters. The van der Waals surface area contributed by atoms with Crippen molar-refractivity contribution in [1.29, 1.82) is 0 Å². The second-order valence-electron chi connectivity index (χ2n) is 5.24. The summed E-state index contributed by atoms with van der Waals surface area (Å²) in [4.78, 5) is 13.9. The van der Waals surface area contributed by atoms with Crippen LogP contribution in [0.25, 0.3) is 0 Å². The molecule has 5 heteroatoms. The predicted octanol–water partition coefficient (Wildman–Crippen LogP) is 0.886. The van der Waals surface area contributed by atoms with Gasteiger partial charge in [0, 0.05) is 19.8 Å². The molecule has 5 nitrogen and oxygen atoms in total. The Bertz CT molecular complexity index is 255. The zero-order chi connectivity index (χ0) is 14.1. The number of carbonyl (C=O) groups excluding carboxylic acids is 1. The summed E-state index contributed by atoms with van der Waals surface area (Å²) in [5.74, 6) is 0.566. The van der Waals surface area contributed by atoms with Crippen LogP contribution in [0.3, 0.4) is 0 Å². The minimum atomic E-state index is -0.188. The van der Waals surface area contributed by atoms with Crippen LogP contribution in [0.1, 0.15) is 26.2 Å². The largest absolute Gasteiger partial charge is 0.468 e. The lowest BCUT2D eigenvalue weighted by molar-refractivity contribution is -0.143. The molecule has 0 radical (unpaired) electrons. The third-order valence-corrected chi connectivity index (χ3v) is 3.65. The quantitative estimate of drug-likeness (QED) is 0.665. The van der Waals surface area contributed by atoms with Gasteiger partial charge >= 0.3 is 5.97 Å². The van der Waals surface area contributed by atoms with E-state index >= 15 is 0 Å². The van der Waals surface area contributed by atoms with Crippen molar-refractivity contribution in [2.24, 2.45) is 5.92 Å². The summed E-state index contributed by atoms with van der Waals surface area (Å²) >= 11 is 0. The zero-order valence-corrected chi connectivity index (χ0v) is 12.5. The number of likely N-dealkylation sites (N-methyl/N-ethyl adjacent to an activating group) is 1. The highest BCUT2D eigenvalue weighted by molar-refractivity contribution is 5.75. The van der Waals surface area contributed by atoms with Crippen LogP contribution in [0.4, 0.5) is 0 Å². The van der Waals surface area contributed by atoms with Crippen LogP contribution in [0.5, 0.6) is 0 Å². The lowest BCUT2D eigenvalue weighted by Gasteiger charge is -2.28. The lowest BCUT2D eigenvalue weighted by atomic mass is 10.00. The molecule has 1 aliphatic heterocycles. The first kappa shape index (κ1) is 16.4. The van der Waals surface area contributed by atoms with Crippen LogP contribution in [0.15, 0.2) is 0 Å². The molecule has 112 valence electrons. The molecule has 1 atom stereocenters. The van der Waals surface area contributed by atoms with Crippen LogP contribution >= 0.6 is 0 Å². The maximum Gasteiger partial charge on any atom is 0.322 e. The lowest BCUT2D eigenvalue weighted by Crippen LogP contribution is -2.40. The van der Waals surface area contributed by atoms with Gasteiger partial charge in [-0.25, -0.2) is 0 Å². The fraction of sp³-hybridized carbons (Fsp3) is 0.929. The Morgan fingerprint density at radius 2 is 2.16 bits per heavy atom. The summed E-state index contributed by atoms with van der Waals surface area (Å²) in [7, 11) is 3.56. The molecule has 1 rings (SSSR count). The van der Waals surface area contributed by atoms with E-state index in [9.17, 15) is 4.79 Å². The Morgan fingerprint density at radius 3 is 2.74 bits per heavy atom. The highest BCUT2D eigenvalue weighted by Gasteiger charge is 2.20. The van der Waals surface area contributed by atoms with Gasteiger partial charge < -0.3 is 19.7 Å². The van der Waals surface area contributed by atoms with Crippen molar-refractivity contribution < 1.29 is 14.3 Å². The molecule has 0 aromatic heterocycles. The average Bonchev–Trinajstić information content (AvgIpc) is 2.43. The van der Waals surface area contributed by atoms with Gasteiger partial charge in [0.15, 0.2) is 0 Å². The standard InChI is InChI=1S/C14H28N2O3/c1-4-15-13(14(17)18-3)5-8-16(2)11-12-6-9-19-10-7-12/h12-13,15H,4-11H2,1-3H3. The van der Waals surface area contributed by atoms with Crippen molar-refractivity contribution >= 4 is 5.97 Å². The number of methoxy groups -OCH3 is 1. The molecule has 1 aliphatic rings. The Hall–Kier alpha value is -0.650. The van der Waals surface area contributed by atoms with E-state index in [2.05, 4.69) is 17.3 Å². The van der Waals surface area contributed by atoms with Gasteiger partial charge in [-0.05, 0) is 45.3 Å². The van der Waals surface area contributed by atoms with Crippen LogP contribution in [-0.4, -0.2) is 63.9 Å². The minimum Gasteiger partial charge on any atom is -0.468 e. The number of ether oxygens (including phenoxy) is 2. The predicted molar refractivity (Wildman–Crippen MR) is 75.1 cm³/mol. The molecule has 1 heterocycles. The van der Waals surface area contributed by atoms with Gasteiger partial charge in [-0.15, -0.1) is 0 Å². The molecular formula is C14H28N2O3. The van der Waals surface area contributed by atoms with E-state index in [-0.39, 0.29) is 12.0 Å². The number of nitrogens with one attached hydrogen (secondary N) is 1. The minimum absolute atomic E-state index is 0.165. The first-order valence-corrected chi connectivity index (χ1v) is 7.24. The number of esters is 1. The number of hydrogen-bond acceptors (Lipinski definition) is 5. The molecule has 0 aliphatic carbocycles. The molecule has 1 saturated heterocycles. The van der Waals surface area contributed by atoms with Crippen LogP contribution in [0.2, 0.25) is 0 Å². The topological polar surface area (TPSA) is 50.8 Å². The first-order chi connectivity index (χ1) is 9.17. The van der Waals surface area contributed by atoms with Crippen molar-refractivity contribution in [3.63, 3.8) is 0 Å². The Morgan fingerprint density at radius 1 is 1.47 bits per heavy atom. The molecule has 1 fully saturated rings. The molecule has 0 aromatic rings. The zero-order valence-electron chi connectivity index (χ0n) is 12.5. The monoisotopic (exact) mass is 272 g/mol. The molecule has 0 bridgehead atoms. The van der Waals surface area contributed by atoms with Crippen molar-refractivity contribution in [2.75, 3.05) is 47.0 Å². The van der Waals surface area contributed by atoms with Gasteiger partial charge in [-0.2, -0.15) is 0 Å². The Kier molecular flexibility index (Phi) is 8.02. The number of carbonyl (C=O) groups is 1. The van der Waals surface area contributed by atoms with Crippen molar-refractivity contribution in [2.45, 2.75) is 32.2 Å². The summed E-state index contributed by atoms with van der Waals surface area (Å²) in [6.45, 7) is 6.56. The Labute approximate surface area is 116 Å². The first-order valence-electron chi connectivity index (χ1n) is 7.24. The molecule has 1 N–H and O–H groups in total. The van der Waals surface area contributed by atoms with Crippen molar-refractivity contribution in [1.82, 2.24) is 10.2 Å². The van der Waals surface area contributed by atoms with E-state index in [1.165, 1.54) is 7.11 Å². The maximum atomic E-state index is 11.6. The third-order valence-electron chi connectivity index (χ3n) is 3.65. The fourth-order valence-corrected chi connectivity index (χ4v) is 2.50. The smallest absolute Gasteiger partial charge is 0.322 e. The van der Waals surface area contributed by atoms with Gasteiger partial charge in [0.2, 0.25) is 0 Å². The third kappa shape index (κ3) is 6.36. The van der Waals surface area contributed by atoms with Gasteiger partial charge in [0.25, 0.3) is 0 Å². The van der Waals surface area contributed by atoms with E-state index in [4.69, 9.17) is 9.47 Å². The normalized spacial score (nSPS) is 18.5. The molecular weight excluding hydrogens is 244 g/mol. The van der Waals surface area contributed by atoms with Crippen LogP contribution < -0.4 is 5.32 Å². The van der Waals surface area contributed by atoms with Gasteiger partial charge in [-0.3, -0.25) is 4.79 Å². The second kappa shape index (κ2) is 9.28. The van der Waals surface area contributed by atoms with Crippen molar-refractivity contribution in [3.8, 4) is 0 Å². The van der Waals surface area contributed by atoms with Gasteiger partial charge in [0.05, 0.1) is 7.11 Å². The van der Waals surface area contributed by atoms with E-state index in [0.717, 1.165) is 58.0 Å². The van der Waals surface area contributed by atoms with Gasteiger partial charge in [-0.1, -0.05) is 6.92 Å². The maximum absolute atomic E-state index is 11.6. The molecule has 0 spiro atoms. The average molecular weight is 272 g/mol. The summed E-state index contributed by atoms with van der Waals surface area (Å²) in [5, 5.41) is 3.17. The number of hydrogen-bond donors (Lipinski definition) is 1. The summed E-state index contributed by atoms with van der Waals surface area (Å²) in [5.41, 5.74) is 0. The molecule has 0 amide bonds.